The third kappa shape index (κ3) is 3.47. The molecule has 0 bridgehead atoms. The van der Waals surface area contributed by atoms with Crippen LogP contribution in [0.3, 0.4) is 0 Å². The van der Waals surface area contributed by atoms with Crippen molar-refractivity contribution in [3.63, 3.8) is 0 Å². The summed E-state index contributed by atoms with van der Waals surface area (Å²) in [5.41, 5.74) is 4.67. The molecule has 1 unspecified atom stereocenters. The summed E-state index contributed by atoms with van der Waals surface area (Å²) >= 11 is 0. The first-order valence-electron chi connectivity index (χ1n) is 8.82. The van der Waals surface area contributed by atoms with Crippen LogP contribution in [0, 0.1) is 11.3 Å². The van der Waals surface area contributed by atoms with Crippen molar-refractivity contribution in [3.05, 3.63) is 54.5 Å². The number of nitrogens with zero attached hydrogens (tertiary/aromatic N) is 4. The number of hydrogen-bond donors (Lipinski definition) is 3. The van der Waals surface area contributed by atoms with Gasteiger partial charge in [0, 0.05) is 4.57 Å². The molecule has 1 aliphatic rings. The van der Waals surface area contributed by atoms with Crippen LogP contribution in [-0.4, -0.2) is 49.2 Å². The third-order valence-electron chi connectivity index (χ3n) is 4.75. The number of para-hydroxylation sites is 1. The van der Waals surface area contributed by atoms with Crippen LogP contribution in [0.1, 0.15) is 11.8 Å². The van der Waals surface area contributed by atoms with Crippen LogP contribution in [0.5, 0.6) is 5.75 Å². The highest BCUT2D eigenvalue weighted by atomic mass is 31.1. The van der Waals surface area contributed by atoms with Crippen molar-refractivity contribution in [1.29, 1.82) is 5.26 Å². The highest BCUT2D eigenvalue weighted by Crippen LogP contribution is 2.42. The minimum atomic E-state index is -2.65. The Morgan fingerprint density at radius 3 is 2.80 bits per heavy atom. The maximum atomic E-state index is 12.1. The molecule has 154 valence electrons. The summed E-state index contributed by atoms with van der Waals surface area (Å²) in [6, 6.07) is 13.4. The first kappa shape index (κ1) is 20.2. The molecule has 11 nitrogen and oxygen atoms in total. The SMILES string of the molecule is N#C[C@]1(CO[P+](=O)Oc2ccccc2)O[C@@H](c2ccc3c(N)ncnn23)[C@H](O)[C@@H]1O. The number of aliphatic hydroxyl groups is 2. The molecule has 1 fully saturated rings. The summed E-state index contributed by atoms with van der Waals surface area (Å²) in [5, 5.41) is 34.8. The largest absolute Gasteiger partial charge is 0.750 e. The molecule has 0 spiro atoms. The molecular weight excluding hydrogens is 413 g/mol. The summed E-state index contributed by atoms with van der Waals surface area (Å²) in [6.07, 6.45) is -3.00. The molecule has 5 atom stereocenters. The van der Waals surface area contributed by atoms with Gasteiger partial charge in [-0.1, -0.05) is 18.2 Å². The zero-order valence-electron chi connectivity index (χ0n) is 15.4. The third-order valence-corrected chi connectivity index (χ3v) is 5.45. The molecule has 1 saturated heterocycles. The van der Waals surface area contributed by atoms with Gasteiger partial charge >= 0.3 is 8.25 Å². The van der Waals surface area contributed by atoms with E-state index in [-0.39, 0.29) is 5.82 Å². The number of aromatic nitrogens is 3. The van der Waals surface area contributed by atoms with Gasteiger partial charge in [0.15, 0.2) is 18.2 Å². The Kier molecular flexibility index (Phi) is 5.34. The molecule has 3 aromatic rings. The van der Waals surface area contributed by atoms with Crippen molar-refractivity contribution in [2.75, 3.05) is 12.3 Å². The van der Waals surface area contributed by atoms with Crippen LogP contribution < -0.4 is 10.3 Å². The first-order valence-corrected chi connectivity index (χ1v) is 9.91. The Hall–Kier alpha value is -3.13. The summed E-state index contributed by atoms with van der Waals surface area (Å²) < 4.78 is 29.5. The van der Waals surface area contributed by atoms with Crippen molar-refractivity contribution in [3.8, 4) is 11.8 Å². The zero-order chi connectivity index (χ0) is 21.3. The standard InChI is InChI=1S/C18H17N5O6P/c19-8-18(9-27-30(26)29-11-4-2-1-3-5-11)16(25)14(24)15(28-18)12-6-7-13-17(20)21-10-22-23(12)13/h1-7,10,14-16,24-25H,9H2,(H2,20,21,22)/q+1/t14-,15-,16-,18+/m0/s1. The number of ether oxygens (including phenoxy) is 1. The van der Waals surface area contributed by atoms with Gasteiger partial charge in [-0.3, -0.25) is 0 Å². The Labute approximate surface area is 171 Å². The lowest BCUT2D eigenvalue weighted by Gasteiger charge is -2.21. The van der Waals surface area contributed by atoms with Gasteiger partial charge in [0.05, 0.1) is 5.69 Å². The molecule has 1 aromatic carbocycles. The van der Waals surface area contributed by atoms with E-state index in [1.165, 1.54) is 10.8 Å². The number of aliphatic hydroxyl groups excluding tert-OH is 2. The minimum absolute atomic E-state index is 0.217. The van der Waals surface area contributed by atoms with Crippen LogP contribution >= 0.6 is 8.25 Å². The maximum Gasteiger partial charge on any atom is 0.750 e. The van der Waals surface area contributed by atoms with Crippen molar-refractivity contribution in [2.45, 2.75) is 23.9 Å². The van der Waals surface area contributed by atoms with Crippen molar-refractivity contribution >= 4 is 19.6 Å². The Bertz CT molecular complexity index is 1120. The van der Waals surface area contributed by atoms with E-state index in [1.807, 2.05) is 6.07 Å². The lowest BCUT2D eigenvalue weighted by Crippen LogP contribution is -2.45. The number of benzene rings is 1. The van der Waals surface area contributed by atoms with Gasteiger partial charge in [-0.05, 0) is 24.3 Å². The lowest BCUT2D eigenvalue weighted by atomic mass is 9.96. The number of fused-ring (bicyclic) bond motifs is 1. The van der Waals surface area contributed by atoms with E-state index in [0.717, 1.165) is 0 Å². The number of rotatable bonds is 6. The van der Waals surface area contributed by atoms with Crippen LogP contribution in [0.2, 0.25) is 0 Å². The average molecular weight is 430 g/mol. The fourth-order valence-electron chi connectivity index (χ4n) is 3.22. The molecule has 1 aliphatic heterocycles. The molecule has 3 heterocycles. The van der Waals surface area contributed by atoms with Crippen LogP contribution in [0.4, 0.5) is 5.82 Å². The second-order valence-corrected chi connectivity index (χ2v) is 7.47. The smallest absolute Gasteiger partial charge is 0.387 e. The molecule has 4 rings (SSSR count). The molecule has 12 heteroatoms. The minimum Gasteiger partial charge on any atom is -0.387 e. The Morgan fingerprint density at radius 2 is 2.07 bits per heavy atom. The van der Waals surface area contributed by atoms with Crippen LogP contribution in [-0.2, 0) is 13.8 Å². The summed E-state index contributed by atoms with van der Waals surface area (Å²) in [4.78, 5) is 3.88. The van der Waals surface area contributed by atoms with E-state index in [2.05, 4.69) is 10.1 Å². The van der Waals surface area contributed by atoms with Gasteiger partial charge in [0.1, 0.15) is 36.2 Å². The Morgan fingerprint density at radius 1 is 1.30 bits per heavy atom. The van der Waals surface area contributed by atoms with Crippen LogP contribution in [0.15, 0.2) is 48.8 Å². The topological polar surface area (TPSA) is 165 Å². The molecule has 2 aromatic heterocycles. The fraction of sp³-hybridized carbons (Fsp3) is 0.278. The second-order valence-electron chi connectivity index (χ2n) is 6.58. The van der Waals surface area contributed by atoms with Crippen LogP contribution in [0.25, 0.3) is 5.52 Å². The zero-order valence-corrected chi connectivity index (χ0v) is 16.3. The van der Waals surface area contributed by atoms with E-state index in [9.17, 15) is 20.0 Å². The van der Waals surface area contributed by atoms with Crippen molar-refractivity contribution < 1.29 is 28.6 Å². The monoisotopic (exact) mass is 430 g/mol. The molecular formula is C18H17N5O6P+. The number of hydrogen-bond acceptors (Lipinski definition) is 10. The second kappa shape index (κ2) is 7.95. The molecule has 0 amide bonds. The molecule has 30 heavy (non-hydrogen) atoms. The average Bonchev–Trinajstić information content (AvgIpc) is 3.29. The summed E-state index contributed by atoms with van der Waals surface area (Å²) in [6.45, 7) is -0.597. The van der Waals surface area contributed by atoms with Gasteiger partial charge in [-0.25, -0.2) is 14.0 Å². The van der Waals surface area contributed by atoms with Gasteiger partial charge in [-0.2, -0.15) is 10.4 Å². The lowest BCUT2D eigenvalue weighted by molar-refractivity contribution is -0.0690. The highest BCUT2D eigenvalue weighted by Gasteiger charge is 2.57. The predicted octanol–water partition coefficient (Wildman–Crippen LogP) is 1.12. The number of nitriles is 1. The fourth-order valence-corrected chi connectivity index (χ4v) is 3.86. The highest BCUT2D eigenvalue weighted by molar-refractivity contribution is 7.33. The van der Waals surface area contributed by atoms with E-state index < -0.39 is 38.8 Å². The van der Waals surface area contributed by atoms with Gasteiger partial charge in [-0.15, -0.1) is 4.52 Å². The maximum absolute atomic E-state index is 12.1. The van der Waals surface area contributed by atoms with E-state index in [0.29, 0.717) is 17.0 Å². The van der Waals surface area contributed by atoms with E-state index >= 15 is 0 Å². The predicted molar refractivity (Wildman–Crippen MR) is 102 cm³/mol. The van der Waals surface area contributed by atoms with Crippen molar-refractivity contribution in [1.82, 2.24) is 14.6 Å². The van der Waals surface area contributed by atoms with E-state index in [4.69, 9.17) is 19.5 Å². The summed E-state index contributed by atoms with van der Waals surface area (Å²) in [5.74, 6) is 0.529. The normalized spacial score (nSPS) is 26.4. The number of nitrogens with two attached hydrogens (primary N) is 1. The number of nitrogen functional groups attached to an aromatic ring is 1. The first-order chi connectivity index (χ1) is 14.4. The molecule has 4 N–H and O–H groups in total. The molecule has 0 radical (unpaired) electrons. The summed E-state index contributed by atoms with van der Waals surface area (Å²) in [7, 11) is -2.65. The van der Waals surface area contributed by atoms with Crippen molar-refractivity contribution in [2.24, 2.45) is 0 Å². The van der Waals surface area contributed by atoms with Gasteiger partial charge < -0.3 is 20.7 Å². The van der Waals surface area contributed by atoms with Gasteiger partial charge in [0.2, 0.25) is 5.60 Å². The Balaban J connectivity index is 1.53. The quantitative estimate of drug-likeness (QED) is 0.482. The number of anilines is 1. The van der Waals surface area contributed by atoms with Gasteiger partial charge in [0.25, 0.3) is 0 Å². The molecule has 0 aliphatic carbocycles. The molecule has 0 saturated carbocycles. The van der Waals surface area contributed by atoms with E-state index in [1.54, 1.807) is 42.5 Å².